The predicted molar refractivity (Wildman–Crippen MR) is 114 cm³/mol. The van der Waals surface area contributed by atoms with Gasteiger partial charge < -0.3 is 20.4 Å². The van der Waals surface area contributed by atoms with Gasteiger partial charge in [-0.05, 0) is 22.6 Å². The van der Waals surface area contributed by atoms with Crippen molar-refractivity contribution in [2.75, 3.05) is 13.1 Å². The van der Waals surface area contributed by atoms with E-state index in [-0.39, 0.29) is 25.3 Å². The molecule has 0 spiro atoms. The first-order chi connectivity index (χ1) is 14.3. The molecule has 0 unspecified atom stereocenters. The summed E-state index contributed by atoms with van der Waals surface area (Å²) >= 11 is 0. The van der Waals surface area contributed by atoms with Crippen LogP contribution < -0.4 is 5.32 Å². The molecule has 0 bridgehead atoms. The molecule has 2 aromatic carbocycles. The molecule has 0 saturated heterocycles. The van der Waals surface area contributed by atoms with Gasteiger partial charge in [0.1, 0.15) is 6.04 Å². The molecule has 0 heterocycles. The van der Waals surface area contributed by atoms with Crippen molar-refractivity contribution < 1.29 is 24.6 Å². The number of carboxylic acids is 2. The van der Waals surface area contributed by atoms with Gasteiger partial charge in [-0.2, -0.15) is 0 Å². The zero-order chi connectivity index (χ0) is 22.1. The Morgan fingerprint density at radius 2 is 1.53 bits per heavy atom. The van der Waals surface area contributed by atoms with E-state index in [1.165, 1.54) is 4.90 Å². The first-order valence-electron chi connectivity index (χ1n) is 9.90. The SMILES string of the molecule is CC(C)CN(CCC(=O)O)C(=O)N[C@@H](Cc1ccc(-c2ccccc2)cc1)C(=O)O. The highest BCUT2D eigenvalue weighted by Crippen LogP contribution is 2.19. The van der Waals surface area contributed by atoms with E-state index in [4.69, 9.17) is 5.11 Å². The molecule has 2 aromatic rings. The van der Waals surface area contributed by atoms with Crippen LogP contribution in [0, 0.1) is 5.92 Å². The second kappa shape index (κ2) is 11.0. The van der Waals surface area contributed by atoms with Crippen LogP contribution in [0.3, 0.4) is 0 Å². The van der Waals surface area contributed by atoms with Crippen molar-refractivity contribution in [3.63, 3.8) is 0 Å². The largest absolute Gasteiger partial charge is 0.481 e. The van der Waals surface area contributed by atoms with E-state index in [9.17, 15) is 19.5 Å². The minimum absolute atomic E-state index is 0.0253. The molecule has 3 N–H and O–H groups in total. The molecule has 0 fully saturated rings. The van der Waals surface area contributed by atoms with Crippen LogP contribution in [-0.4, -0.2) is 52.2 Å². The van der Waals surface area contributed by atoms with Gasteiger partial charge in [0.15, 0.2) is 0 Å². The lowest BCUT2D eigenvalue weighted by Crippen LogP contribution is -2.50. The molecule has 2 rings (SSSR count). The fourth-order valence-electron chi connectivity index (χ4n) is 3.09. The van der Waals surface area contributed by atoms with Crippen molar-refractivity contribution in [3.05, 3.63) is 60.2 Å². The van der Waals surface area contributed by atoms with Gasteiger partial charge in [-0.25, -0.2) is 9.59 Å². The lowest BCUT2D eigenvalue weighted by Gasteiger charge is -2.26. The number of nitrogens with one attached hydrogen (secondary N) is 1. The smallest absolute Gasteiger partial charge is 0.326 e. The van der Waals surface area contributed by atoms with Crippen LogP contribution in [0.1, 0.15) is 25.8 Å². The maximum absolute atomic E-state index is 12.6. The summed E-state index contributed by atoms with van der Waals surface area (Å²) in [5.41, 5.74) is 2.87. The third kappa shape index (κ3) is 7.24. The Morgan fingerprint density at radius 1 is 0.933 bits per heavy atom. The zero-order valence-corrected chi connectivity index (χ0v) is 17.2. The van der Waals surface area contributed by atoms with Crippen molar-refractivity contribution in [1.82, 2.24) is 10.2 Å². The van der Waals surface area contributed by atoms with Gasteiger partial charge in [-0.1, -0.05) is 68.4 Å². The fourth-order valence-corrected chi connectivity index (χ4v) is 3.09. The molecule has 0 aliphatic heterocycles. The van der Waals surface area contributed by atoms with E-state index >= 15 is 0 Å². The molecule has 0 radical (unpaired) electrons. The number of carbonyl (C=O) groups excluding carboxylic acids is 1. The Labute approximate surface area is 176 Å². The van der Waals surface area contributed by atoms with E-state index in [1.807, 2.05) is 68.4 Å². The van der Waals surface area contributed by atoms with Crippen LogP contribution in [0.5, 0.6) is 0 Å². The molecule has 7 nitrogen and oxygen atoms in total. The van der Waals surface area contributed by atoms with Crippen molar-refractivity contribution in [2.45, 2.75) is 32.7 Å². The maximum Gasteiger partial charge on any atom is 0.326 e. The molecular formula is C23H28N2O5. The van der Waals surface area contributed by atoms with Crippen molar-refractivity contribution in [1.29, 1.82) is 0 Å². The Hall–Kier alpha value is -3.35. The second-order valence-electron chi connectivity index (χ2n) is 7.59. The first-order valence-corrected chi connectivity index (χ1v) is 9.90. The number of nitrogens with zero attached hydrogens (tertiary/aromatic N) is 1. The monoisotopic (exact) mass is 412 g/mol. The van der Waals surface area contributed by atoms with Crippen LogP contribution in [0.2, 0.25) is 0 Å². The second-order valence-corrected chi connectivity index (χ2v) is 7.59. The van der Waals surface area contributed by atoms with Gasteiger partial charge in [0.2, 0.25) is 0 Å². The van der Waals surface area contributed by atoms with Crippen molar-refractivity contribution in [2.24, 2.45) is 5.92 Å². The topological polar surface area (TPSA) is 107 Å². The van der Waals surface area contributed by atoms with E-state index in [0.717, 1.165) is 16.7 Å². The van der Waals surface area contributed by atoms with E-state index in [0.29, 0.717) is 6.54 Å². The van der Waals surface area contributed by atoms with Crippen LogP contribution in [0.4, 0.5) is 4.79 Å². The first kappa shape index (κ1) is 22.9. The lowest BCUT2D eigenvalue weighted by molar-refractivity contribution is -0.139. The number of rotatable bonds is 10. The van der Waals surface area contributed by atoms with Gasteiger partial charge in [-0.15, -0.1) is 0 Å². The number of benzene rings is 2. The molecular weight excluding hydrogens is 384 g/mol. The Morgan fingerprint density at radius 3 is 2.07 bits per heavy atom. The number of amides is 2. The Balaban J connectivity index is 2.06. The fraction of sp³-hybridized carbons (Fsp3) is 0.348. The quantitative estimate of drug-likeness (QED) is 0.554. The lowest BCUT2D eigenvalue weighted by atomic mass is 10.0. The standard InChI is InChI=1S/C23H28N2O5/c1-16(2)15-25(13-12-21(26)27)23(30)24-20(22(28)29)14-17-8-10-19(11-9-17)18-6-4-3-5-7-18/h3-11,16,20H,12-15H2,1-2H3,(H,24,30)(H,26,27)(H,28,29)/t20-/m0/s1. The van der Waals surface area contributed by atoms with E-state index in [1.54, 1.807) is 0 Å². The highest BCUT2D eigenvalue weighted by Gasteiger charge is 2.24. The molecule has 0 saturated carbocycles. The molecule has 0 aliphatic carbocycles. The van der Waals surface area contributed by atoms with Crippen LogP contribution in [-0.2, 0) is 16.0 Å². The van der Waals surface area contributed by atoms with E-state index < -0.39 is 24.0 Å². The third-order valence-corrected chi connectivity index (χ3v) is 4.57. The minimum atomic E-state index is -1.14. The number of carbonyl (C=O) groups is 3. The van der Waals surface area contributed by atoms with Crippen LogP contribution in [0.25, 0.3) is 11.1 Å². The molecule has 0 aromatic heterocycles. The summed E-state index contributed by atoms with van der Waals surface area (Å²) in [6.07, 6.45) is -0.0661. The average Bonchev–Trinajstić information content (AvgIpc) is 2.71. The third-order valence-electron chi connectivity index (χ3n) is 4.57. The van der Waals surface area contributed by atoms with Gasteiger partial charge >= 0.3 is 18.0 Å². The molecule has 2 amide bonds. The minimum Gasteiger partial charge on any atom is -0.481 e. The van der Waals surface area contributed by atoms with Crippen molar-refractivity contribution >= 4 is 18.0 Å². The number of hydrogen-bond acceptors (Lipinski definition) is 3. The van der Waals surface area contributed by atoms with Crippen LogP contribution in [0.15, 0.2) is 54.6 Å². The predicted octanol–water partition coefficient (Wildman–Crippen LogP) is 3.49. The normalized spacial score (nSPS) is 11.7. The van der Waals surface area contributed by atoms with E-state index in [2.05, 4.69) is 5.32 Å². The summed E-state index contributed by atoms with van der Waals surface area (Å²) in [6.45, 7) is 4.18. The summed E-state index contributed by atoms with van der Waals surface area (Å²) in [7, 11) is 0. The van der Waals surface area contributed by atoms with Gasteiger partial charge in [0.25, 0.3) is 0 Å². The summed E-state index contributed by atoms with van der Waals surface area (Å²) in [5.74, 6) is -2.03. The van der Waals surface area contributed by atoms with Gasteiger partial charge in [0, 0.05) is 19.5 Å². The van der Waals surface area contributed by atoms with Crippen LogP contribution >= 0.6 is 0 Å². The Kier molecular flexibility index (Phi) is 8.41. The number of urea groups is 1. The number of hydrogen-bond donors (Lipinski definition) is 3. The zero-order valence-electron chi connectivity index (χ0n) is 17.2. The summed E-state index contributed by atoms with van der Waals surface area (Å²) < 4.78 is 0. The van der Waals surface area contributed by atoms with Gasteiger partial charge in [0.05, 0.1) is 6.42 Å². The number of aliphatic carboxylic acids is 2. The molecule has 7 heteroatoms. The molecule has 30 heavy (non-hydrogen) atoms. The highest BCUT2D eigenvalue weighted by atomic mass is 16.4. The number of carboxylic acid groups (broad SMARTS) is 2. The molecule has 0 aliphatic rings. The summed E-state index contributed by atoms with van der Waals surface area (Å²) in [5, 5.41) is 21.0. The maximum atomic E-state index is 12.6. The molecule has 1 atom stereocenters. The van der Waals surface area contributed by atoms with Gasteiger partial charge in [-0.3, -0.25) is 4.79 Å². The molecule has 160 valence electrons. The highest BCUT2D eigenvalue weighted by molar-refractivity contribution is 5.83. The average molecular weight is 412 g/mol. The van der Waals surface area contributed by atoms with Crippen molar-refractivity contribution in [3.8, 4) is 11.1 Å². The summed E-state index contributed by atoms with van der Waals surface area (Å²) in [6, 6.07) is 15.7. The summed E-state index contributed by atoms with van der Waals surface area (Å²) in [4.78, 5) is 36.5. The Bertz CT molecular complexity index is 850.